The third kappa shape index (κ3) is 3.24. The maximum atomic E-state index is 13.4. The molecule has 0 bridgehead atoms. The Balaban J connectivity index is 1.61. The van der Waals surface area contributed by atoms with Crippen LogP contribution in [0, 0.1) is 5.82 Å². The van der Waals surface area contributed by atoms with Crippen LogP contribution in [0.4, 0.5) is 4.39 Å². The van der Waals surface area contributed by atoms with Crippen LogP contribution in [0.2, 0.25) is 5.02 Å². The van der Waals surface area contributed by atoms with Crippen LogP contribution in [0.1, 0.15) is 21.7 Å². The Morgan fingerprint density at radius 2 is 2.04 bits per heavy atom. The van der Waals surface area contributed by atoms with E-state index in [-0.39, 0.29) is 5.91 Å². The molecule has 0 atom stereocenters. The van der Waals surface area contributed by atoms with E-state index in [4.69, 9.17) is 11.6 Å². The van der Waals surface area contributed by atoms with Crippen LogP contribution in [0.15, 0.2) is 49.0 Å². The lowest BCUT2D eigenvalue weighted by Crippen LogP contribution is -2.38. The highest BCUT2D eigenvalue weighted by Gasteiger charge is 2.26. The zero-order valence-corrected chi connectivity index (χ0v) is 15.2. The van der Waals surface area contributed by atoms with Gasteiger partial charge in [-0.15, -0.1) is 10.2 Å². The van der Waals surface area contributed by atoms with Crippen molar-refractivity contribution in [3.8, 4) is 11.4 Å². The van der Waals surface area contributed by atoms with Gasteiger partial charge in [0, 0.05) is 29.2 Å². The van der Waals surface area contributed by atoms with Gasteiger partial charge >= 0.3 is 0 Å². The maximum absolute atomic E-state index is 13.4. The van der Waals surface area contributed by atoms with Gasteiger partial charge < -0.3 is 9.47 Å². The highest BCUT2D eigenvalue weighted by molar-refractivity contribution is 6.30. The molecule has 2 heterocycles. The molecule has 1 aliphatic rings. The molecule has 0 aliphatic carbocycles. The summed E-state index contributed by atoms with van der Waals surface area (Å²) >= 11 is 6.07. The highest BCUT2D eigenvalue weighted by Crippen LogP contribution is 2.25. The van der Waals surface area contributed by atoms with Gasteiger partial charge in [0.25, 0.3) is 5.91 Å². The number of halogens is 2. The molecule has 4 rings (SSSR count). The molecule has 0 saturated heterocycles. The van der Waals surface area contributed by atoms with Crippen LogP contribution in [-0.4, -0.2) is 32.1 Å². The third-order valence-electron chi connectivity index (χ3n) is 4.59. The summed E-state index contributed by atoms with van der Waals surface area (Å²) in [5.41, 5.74) is 1.79. The summed E-state index contributed by atoms with van der Waals surface area (Å²) in [6.45, 7) is 5.07. The molecule has 1 aliphatic heterocycles. The van der Waals surface area contributed by atoms with E-state index in [2.05, 4.69) is 16.8 Å². The van der Waals surface area contributed by atoms with E-state index in [1.165, 1.54) is 24.3 Å². The number of hydrogen-bond acceptors (Lipinski definition) is 3. The summed E-state index contributed by atoms with van der Waals surface area (Å²) in [7, 11) is 0. The third-order valence-corrected chi connectivity index (χ3v) is 4.82. The lowest BCUT2D eigenvalue weighted by Gasteiger charge is -2.28. The minimum absolute atomic E-state index is 0.177. The molecule has 2 aromatic carbocycles. The molecule has 0 unspecified atom stereocenters. The number of hydrogen-bond donors (Lipinski definition) is 0. The number of fused-ring (bicyclic) bond motifs is 1. The van der Waals surface area contributed by atoms with Gasteiger partial charge in [0.1, 0.15) is 5.82 Å². The quantitative estimate of drug-likeness (QED) is 0.687. The van der Waals surface area contributed by atoms with E-state index in [1.54, 1.807) is 11.0 Å². The smallest absolute Gasteiger partial charge is 0.254 e. The van der Waals surface area contributed by atoms with Gasteiger partial charge in [0.05, 0.1) is 6.54 Å². The number of carbonyl (C=O) groups excluding carboxylic acids is 1. The monoisotopic (exact) mass is 382 g/mol. The fraction of sp³-hybridized carbons (Fsp3) is 0.150. The molecule has 136 valence electrons. The van der Waals surface area contributed by atoms with Crippen LogP contribution in [-0.2, 0) is 13.1 Å². The Morgan fingerprint density at radius 1 is 1.19 bits per heavy atom. The lowest BCUT2D eigenvalue weighted by atomic mass is 10.1. The Kier molecular flexibility index (Phi) is 4.49. The molecule has 3 aromatic rings. The van der Waals surface area contributed by atoms with Crippen LogP contribution < -0.4 is 0 Å². The van der Waals surface area contributed by atoms with E-state index in [1.807, 2.05) is 22.8 Å². The van der Waals surface area contributed by atoms with Crippen molar-refractivity contribution in [3.05, 3.63) is 76.8 Å². The average molecular weight is 383 g/mol. The Morgan fingerprint density at radius 3 is 2.81 bits per heavy atom. The molecule has 7 heteroatoms. The minimum atomic E-state index is -0.397. The number of benzene rings is 2. The van der Waals surface area contributed by atoms with Crippen molar-refractivity contribution < 1.29 is 9.18 Å². The first-order chi connectivity index (χ1) is 13.1. The summed E-state index contributed by atoms with van der Waals surface area (Å²) in [5.74, 6) is 0.856. The maximum Gasteiger partial charge on any atom is 0.254 e. The van der Waals surface area contributed by atoms with Gasteiger partial charge in [-0.2, -0.15) is 0 Å². The molecule has 0 spiro atoms. The number of amides is 1. The standard InChI is InChI=1S/C20H16ClFN4O/c1-2-13-11-16(22)6-7-17(13)20(27)25-8-9-26-18(12-25)23-24-19(26)14-4-3-5-15(21)10-14/h2-7,10-11H,1,8-9,12H2. The lowest BCUT2D eigenvalue weighted by molar-refractivity contribution is 0.0707. The van der Waals surface area contributed by atoms with Crippen LogP contribution in [0.5, 0.6) is 0 Å². The number of aromatic nitrogens is 3. The van der Waals surface area contributed by atoms with E-state index in [0.717, 1.165) is 11.4 Å². The molecule has 0 fully saturated rings. The molecule has 0 radical (unpaired) electrons. The predicted molar refractivity (Wildman–Crippen MR) is 102 cm³/mol. The molecule has 0 saturated carbocycles. The molecule has 27 heavy (non-hydrogen) atoms. The first kappa shape index (κ1) is 17.4. The summed E-state index contributed by atoms with van der Waals surface area (Å²) in [6.07, 6.45) is 1.49. The van der Waals surface area contributed by atoms with E-state index in [9.17, 15) is 9.18 Å². The Bertz CT molecular complexity index is 1050. The second-order valence-electron chi connectivity index (χ2n) is 6.26. The molecule has 5 nitrogen and oxygen atoms in total. The topological polar surface area (TPSA) is 51.0 Å². The predicted octanol–water partition coefficient (Wildman–Crippen LogP) is 4.04. The van der Waals surface area contributed by atoms with Gasteiger partial charge in [-0.3, -0.25) is 4.79 Å². The zero-order chi connectivity index (χ0) is 19.0. The van der Waals surface area contributed by atoms with E-state index >= 15 is 0 Å². The van der Waals surface area contributed by atoms with Crippen LogP contribution in [0.3, 0.4) is 0 Å². The van der Waals surface area contributed by atoms with Crippen molar-refractivity contribution in [1.82, 2.24) is 19.7 Å². The number of carbonyl (C=O) groups is 1. The number of rotatable bonds is 3. The molecular weight excluding hydrogens is 367 g/mol. The Labute approximate surface area is 160 Å². The van der Waals surface area contributed by atoms with Gasteiger partial charge in [-0.05, 0) is 35.9 Å². The van der Waals surface area contributed by atoms with Gasteiger partial charge in [0.15, 0.2) is 11.6 Å². The van der Waals surface area contributed by atoms with Crippen molar-refractivity contribution in [2.45, 2.75) is 13.1 Å². The number of nitrogens with zero attached hydrogens (tertiary/aromatic N) is 4. The summed E-state index contributed by atoms with van der Waals surface area (Å²) in [5, 5.41) is 9.14. The molecule has 1 amide bonds. The van der Waals surface area contributed by atoms with Crippen molar-refractivity contribution in [2.75, 3.05) is 6.54 Å². The average Bonchev–Trinajstić information content (AvgIpc) is 3.10. The normalized spacial score (nSPS) is 13.3. The molecule has 1 aromatic heterocycles. The first-order valence-electron chi connectivity index (χ1n) is 8.46. The largest absolute Gasteiger partial charge is 0.329 e. The van der Waals surface area contributed by atoms with E-state index < -0.39 is 5.82 Å². The van der Waals surface area contributed by atoms with Gasteiger partial charge in [-0.25, -0.2) is 4.39 Å². The first-order valence-corrected chi connectivity index (χ1v) is 8.84. The van der Waals surface area contributed by atoms with Crippen LogP contribution >= 0.6 is 11.6 Å². The summed E-state index contributed by atoms with van der Waals surface area (Å²) in [4.78, 5) is 14.6. The molecular formula is C20H16ClFN4O. The zero-order valence-electron chi connectivity index (χ0n) is 14.4. The van der Waals surface area contributed by atoms with Crippen LogP contribution in [0.25, 0.3) is 17.5 Å². The fourth-order valence-corrected chi connectivity index (χ4v) is 3.43. The second-order valence-corrected chi connectivity index (χ2v) is 6.70. The van der Waals surface area contributed by atoms with E-state index in [0.29, 0.717) is 41.6 Å². The van der Waals surface area contributed by atoms with Crippen molar-refractivity contribution in [1.29, 1.82) is 0 Å². The van der Waals surface area contributed by atoms with Gasteiger partial charge in [0.2, 0.25) is 0 Å². The fourth-order valence-electron chi connectivity index (χ4n) is 3.24. The van der Waals surface area contributed by atoms with Gasteiger partial charge in [-0.1, -0.05) is 36.4 Å². The summed E-state index contributed by atoms with van der Waals surface area (Å²) in [6, 6.07) is 11.5. The van der Waals surface area contributed by atoms with Crippen molar-refractivity contribution in [3.63, 3.8) is 0 Å². The minimum Gasteiger partial charge on any atom is -0.329 e. The second kappa shape index (κ2) is 6.96. The summed E-state index contributed by atoms with van der Waals surface area (Å²) < 4.78 is 15.4. The Hall–Kier alpha value is -2.99. The molecule has 0 N–H and O–H groups in total. The van der Waals surface area contributed by atoms with Crippen molar-refractivity contribution >= 4 is 23.6 Å². The SMILES string of the molecule is C=Cc1cc(F)ccc1C(=O)N1CCn2c(nnc2-c2cccc(Cl)c2)C1. The van der Waals surface area contributed by atoms with Crippen molar-refractivity contribution in [2.24, 2.45) is 0 Å². The highest BCUT2D eigenvalue weighted by atomic mass is 35.5.